The smallest absolute Gasteiger partial charge is 0.220 e. The zero-order valence-corrected chi connectivity index (χ0v) is 14.8. The van der Waals surface area contributed by atoms with Gasteiger partial charge in [-0.1, -0.05) is 45.1 Å². The summed E-state index contributed by atoms with van der Waals surface area (Å²) in [5.41, 5.74) is 1.02. The van der Waals surface area contributed by atoms with E-state index in [9.17, 15) is 4.79 Å². The molecule has 0 bridgehead atoms. The fraction of sp³-hybridized carbons (Fsp3) is 0.632. The molecule has 23 heavy (non-hydrogen) atoms. The number of hydrogen-bond donors (Lipinski definition) is 1. The molecular weight excluding hydrogens is 290 g/mol. The Balaban J connectivity index is 2.31. The molecule has 0 atom stereocenters. The highest BCUT2D eigenvalue weighted by Crippen LogP contribution is 2.27. The summed E-state index contributed by atoms with van der Waals surface area (Å²) in [5.74, 6) is 1.56. The molecule has 0 aromatic heterocycles. The average Bonchev–Trinajstić information content (AvgIpc) is 2.56. The predicted octanol–water partition coefficient (Wildman–Crippen LogP) is 4.46. The lowest BCUT2D eigenvalue weighted by Gasteiger charge is -2.11. The predicted molar refractivity (Wildman–Crippen MR) is 94.0 cm³/mol. The van der Waals surface area contributed by atoms with Crippen molar-refractivity contribution >= 4 is 5.91 Å². The van der Waals surface area contributed by atoms with Gasteiger partial charge in [0.2, 0.25) is 5.91 Å². The molecule has 130 valence electrons. The minimum Gasteiger partial charge on any atom is -0.493 e. The lowest BCUT2D eigenvalue weighted by Crippen LogP contribution is -2.22. The second kappa shape index (κ2) is 11.8. The summed E-state index contributed by atoms with van der Waals surface area (Å²) in [6.45, 7) is 5.26. The van der Waals surface area contributed by atoms with Crippen LogP contribution >= 0.6 is 0 Å². The highest BCUT2D eigenvalue weighted by Gasteiger charge is 2.06. The van der Waals surface area contributed by atoms with Crippen molar-refractivity contribution in [2.24, 2.45) is 0 Å². The van der Waals surface area contributed by atoms with Crippen molar-refractivity contribution in [1.29, 1.82) is 0 Å². The summed E-state index contributed by atoms with van der Waals surface area (Å²) in [4.78, 5) is 11.9. The molecule has 0 heterocycles. The maximum atomic E-state index is 11.9. The molecule has 1 rings (SSSR count). The van der Waals surface area contributed by atoms with Crippen molar-refractivity contribution in [3.05, 3.63) is 23.8 Å². The fourth-order valence-corrected chi connectivity index (χ4v) is 2.45. The number of carbonyl (C=O) groups is 1. The van der Waals surface area contributed by atoms with Crippen LogP contribution in [-0.2, 0) is 11.3 Å². The summed E-state index contributed by atoms with van der Waals surface area (Å²) >= 11 is 0. The number of ether oxygens (including phenoxy) is 2. The number of benzene rings is 1. The van der Waals surface area contributed by atoms with Gasteiger partial charge in [-0.2, -0.15) is 0 Å². The highest BCUT2D eigenvalue weighted by molar-refractivity contribution is 5.75. The molecule has 0 saturated heterocycles. The van der Waals surface area contributed by atoms with Crippen molar-refractivity contribution in [1.82, 2.24) is 5.32 Å². The van der Waals surface area contributed by atoms with Crippen LogP contribution in [0, 0.1) is 0 Å². The number of carbonyl (C=O) groups excluding carboxylic acids is 1. The first-order valence-corrected chi connectivity index (χ1v) is 8.77. The molecule has 1 amide bonds. The third-order valence-electron chi connectivity index (χ3n) is 3.77. The molecule has 0 spiro atoms. The van der Waals surface area contributed by atoms with Crippen LogP contribution in [0.3, 0.4) is 0 Å². The van der Waals surface area contributed by atoms with E-state index in [0.717, 1.165) is 24.2 Å². The van der Waals surface area contributed by atoms with E-state index in [1.54, 1.807) is 7.11 Å². The molecule has 0 unspecified atom stereocenters. The van der Waals surface area contributed by atoms with Crippen LogP contribution in [-0.4, -0.2) is 19.6 Å². The molecule has 0 fully saturated rings. The van der Waals surface area contributed by atoms with Crippen molar-refractivity contribution in [3.8, 4) is 11.5 Å². The van der Waals surface area contributed by atoms with Gasteiger partial charge in [-0.25, -0.2) is 0 Å². The van der Waals surface area contributed by atoms with Crippen molar-refractivity contribution in [2.45, 2.75) is 65.3 Å². The van der Waals surface area contributed by atoms with Gasteiger partial charge in [0, 0.05) is 13.0 Å². The summed E-state index contributed by atoms with van der Waals surface area (Å²) in [7, 11) is 1.62. The summed E-state index contributed by atoms with van der Waals surface area (Å²) in [6.07, 6.45) is 7.80. The van der Waals surface area contributed by atoms with Gasteiger partial charge in [-0.15, -0.1) is 0 Å². The largest absolute Gasteiger partial charge is 0.493 e. The third-order valence-corrected chi connectivity index (χ3v) is 3.77. The maximum absolute atomic E-state index is 11.9. The van der Waals surface area contributed by atoms with Gasteiger partial charge >= 0.3 is 0 Å². The third kappa shape index (κ3) is 7.91. The Morgan fingerprint density at radius 1 is 1.04 bits per heavy atom. The number of rotatable bonds is 12. The Morgan fingerprint density at radius 2 is 1.78 bits per heavy atom. The molecular formula is C19H31NO3. The molecule has 4 heteroatoms. The van der Waals surface area contributed by atoms with E-state index >= 15 is 0 Å². The van der Waals surface area contributed by atoms with Crippen LogP contribution in [0.4, 0.5) is 0 Å². The van der Waals surface area contributed by atoms with Gasteiger partial charge in [0.25, 0.3) is 0 Å². The van der Waals surface area contributed by atoms with E-state index in [1.807, 2.05) is 25.1 Å². The van der Waals surface area contributed by atoms with Gasteiger partial charge in [-0.05, 0) is 31.0 Å². The molecule has 1 aromatic rings. The number of unbranched alkanes of at least 4 members (excludes halogenated alkanes) is 5. The first-order chi connectivity index (χ1) is 11.2. The Labute approximate surface area is 140 Å². The van der Waals surface area contributed by atoms with E-state index in [1.165, 1.54) is 25.7 Å². The highest BCUT2D eigenvalue weighted by atomic mass is 16.5. The summed E-state index contributed by atoms with van der Waals surface area (Å²) in [5, 5.41) is 2.97. The van der Waals surface area contributed by atoms with E-state index in [0.29, 0.717) is 25.3 Å². The molecule has 1 N–H and O–H groups in total. The molecule has 0 aliphatic carbocycles. The van der Waals surface area contributed by atoms with E-state index < -0.39 is 0 Å². The van der Waals surface area contributed by atoms with Gasteiger partial charge in [-0.3, -0.25) is 4.79 Å². The van der Waals surface area contributed by atoms with Crippen LogP contribution in [0.25, 0.3) is 0 Å². The van der Waals surface area contributed by atoms with Crippen LogP contribution < -0.4 is 14.8 Å². The van der Waals surface area contributed by atoms with Gasteiger partial charge < -0.3 is 14.8 Å². The van der Waals surface area contributed by atoms with E-state index in [-0.39, 0.29) is 5.91 Å². The monoisotopic (exact) mass is 321 g/mol. The SMILES string of the molecule is CCCCCCCCC(=O)NCc1ccc(OC)c(OCC)c1. The minimum atomic E-state index is 0.120. The number of hydrogen-bond acceptors (Lipinski definition) is 3. The molecule has 4 nitrogen and oxygen atoms in total. The number of nitrogens with one attached hydrogen (secondary N) is 1. The molecule has 1 aromatic carbocycles. The Hall–Kier alpha value is -1.71. The zero-order valence-electron chi connectivity index (χ0n) is 14.8. The lowest BCUT2D eigenvalue weighted by molar-refractivity contribution is -0.121. The molecule has 0 aliphatic rings. The van der Waals surface area contributed by atoms with Crippen LogP contribution in [0.1, 0.15) is 64.4 Å². The molecule has 0 saturated carbocycles. The second-order valence-corrected chi connectivity index (χ2v) is 5.71. The van der Waals surface area contributed by atoms with Crippen LogP contribution in [0.2, 0.25) is 0 Å². The van der Waals surface area contributed by atoms with Gasteiger partial charge in [0.1, 0.15) is 0 Å². The first kappa shape index (κ1) is 19.3. The van der Waals surface area contributed by atoms with E-state index in [4.69, 9.17) is 9.47 Å². The van der Waals surface area contributed by atoms with Crippen LogP contribution in [0.5, 0.6) is 11.5 Å². The number of methoxy groups -OCH3 is 1. The van der Waals surface area contributed by atoms with Crippen molar-refractivity contribution in [3.63, 3.8) is 0 Å². The summed E-state index contributed by atoms with van der Waals surface area (Å²) < 4.78 is 10.8. The quantitative estimate of drug-likeness (QED) is 0.578. The Kier molecular flexibility index (Phi) is 9.92. The van der Waals surface area contributed by atoms with Crippen molar-refractivity contribution < 1.29 is 14.3 Å². The Morgan fingerprint density at radius 3 is 2.48 bits per heavy atom. The lowest BCUT2D eigenvalue weighted by atomic mass is 10.1. The number of amides is 1. The standard InChI is InChI=1S/C19H31NO3/c1-4-6-7-8-9-10-11-19(21)20-15-16-12-13-17(22-3)18(14-16)23-5-2/h12-14H,4-11,15H2,1-3H3,(H,20,21). The fourth-order valence-electron chi connectivity index (χ4n) is 2.45. The maximum Gasteiger partial charge on any atom is 0.220 e. The average molecular weight is 321 g/mol. The van der Waals surface area contributed by atoms with Crippen LogP contribution in [0.15, 0.2) is 18.2 Å². The molecule has 0 aliphatic heterocycles. The van der Waals surface area contributed by atoms with Gasteiger partial charge in [0.15, 0.2) is 11.5 Å². The second-order valence-electron chi connectivity index (χ2n) is 5.71. The van der Waals surface area contributed by atoms with Gasteiger partial charge in [0.05, 0.1) is 13.7 Å². The zero-order chi connectivity index (χ0) is 16.9. The van der Waals surface area contributed by atoms with Crippen molar-refractivity contribution in [2.75, 3.05) is 13.7 Å². The van der Waals surface area contributed by atoms with E-state index in [2.05, 4.69) is 12.2 Å². The molecule has 0 radical (unpaired) electrons. The first-order valence-electron chi connectivity index (χ1n) is 8.77. The minimum absolute atomic E-state index is 0.120. The summed E-state index contributed by atoms with van der Waals surface area (Å²) in [6, 6.07) is 5.75. The Bertz CT molecular complexity index is 460. The normalized spacial score (nSPS) is 10.4. The topological polar surface area (TPSA) is 47.6 Å².